The third-order valence-electron chi connectivity index (χ3n) is 16.5. The number of carbonyl (C=O) groups is 3. The molecule has 5 atom stereocenters. The third kappa shape index (κ3) is 78.3. The lowest BCUT2D eigenvalue weighted by Crippen LogP contribution is -2.30. The van der Waals surface area contributed by atoms with E-state index in [9.17, 15) is 43.5 Å². The lowest BCUT2D eigenvalue weighted by molar-refractivity contribution is -0.161. The Labute approximate surface area is 626 Å². The van der Waals surface area contributed by atoms with Crippen molar-refractivity contribution in [2.75, 3.05) is 39.6 Å². The Morgan fingerprint density at radius 3 is 0.816 bits per heavy atom. The smallest absolute Gasteiger partial charge is 0.463 e. The minimum Gasteiger partial charge on any atom is -0.463 e. The highest BCUT2D eigenvalue weighted by Crippen LogP contribution is 2.45. The first-order valence-corrected chi connectivity index (χ1v) is 43.1. The van der Waals surface area contributed by atoms with Gasteiger partial charge in [0.1, 0.15) is 25.4 Å². The number of aliphatic hydroxyl groups excluding tert-OH is 2. The Bertz CT molecular complexity index is 2450. The summed E-state index contributed by atoms with van der Waals surface area (Å²) in [6, 6.07) is 0. The van der Waals surface area contributed by atoms with Gasteiger partial charge < -0.3 is 34.2 Å². The van der Waals surface area contributed by atoms with Gasteiger partial charge in [0.25, 0.3) is 0 Å². The lowest BCUT2D eigenvalue weighted by Gasteiger charge is -2.21. The summed E-state index contributed by atoms with van der Waals surface area (Å²) in [6.45, 7) is 2.41. The average molecular weight is 1480 g/mol. The van der Waals surface area contributed by atoms with E-state index in [1.165, 1.54) is 70.6 Å². The molecule has 0 fully saturated rings. The first-order chi connectivity index (χ1) is 50.2. The Hall–Kier alpha value is -4.57. The molecule has 0 aliphatic rings. The second kappa shape index (κ2) is 77.1. The van der Waals surface area contributed by atoms with Gasteiger partial charge >= 0.3 is 33.6 Å². The van der Waals surface area contributed by atoms with Gasteiger partial charge in [0.15, 0.2) is 6.10 Å². The minimum absolute atomic E-state index is 0.0874. The number of esters is 3. The van der Waals surface area contributed by atoms with Crippen LogP contribution in [0.5, 0.6) is 0 Å². The van der Waals surface area contributed by atoms with Crippen molar-refractivity contribution in [3.05, 3.63) is 146 Å². The van der Waals surface area contributed by atoms with Crippen LogP contribution in [0.1, 0.15) is 316 Å². The van der Waals surface area contributed by atoms with Crippen molar-refractivity contribution in [1.82, 2.24) is 0 Å². The summed E-state index contributed by atoms with van der Waals surface area (Å²) in [6.07, 6.45) is 94.6. The van der Waals surface area contributed by atoms with Crippen LogP contribution in [-0.2, 0) is 55.8 Å². The van der Waals surface area contributed by atoms with Crippen molar-refractivity contribution >= 4 is 33.6 Å². The van der Waals surface area contributed by atoms with Gasteiger partial charge in [-0.2, -0.15) is 0 Å². The van der Waals surface area contributed by atoms with E-state index in [4.69, 9.17) is 32.3 Å². The van der Waals surface area contributed by atoms with E-state index >= 15 is 0 Å². The number of phosphoric ester groups is 2. The largest absolute Gasteiger partial charge is 0.472 e. The summed E-state index contributed by atoms with van der Waals surface area (Å²) >= 11 is 0. The number of hydrogen-bond acceptors (Lipinski definition) is 14. The van der Waals surface area contributed by atoms with Crippen LogP contribution in [-0.4, -0.2) is 95.9 Å². The van der Waals surface area contributed by atoms with Crippen molar-refractivity contribution in [3.63, 3.8) is 0 Å². The van der Waals surface area contributed by atoms with Crippen LogP contribution in [0, 0.1) is 0 Å². The normalized spacial score (nSPS) is 14.7. The molecule has 590 valence electrons. The number of hydrogen-bond donors (Lipinski definition) is 4. The molecule has 0 aliphatic heterocycles. The fourth-order valence-electron chi connectivity index (χ4n) is 10.5. The molecule has 0 aromatic carbocycles. The first-order valence-electron chi connectivity index (χ1n) is 40.1. The Kier molecular flexibility index (Phi) is 73.6. The Morgan fingerprint density at radius 1 is 0.282 bits per heavy atom. The number of unbranched alkanes of at least 4 members (excludes halogenated alkanes) is 28. The van der Waals surface area contributed by atoms with Gasteiger partial charge in [-0.1, -0.05) is 301 Å². The van der Waals surface area contributed by atoms with Gasteiger partial charge in [0, 0.05) is 19.3 Å². The number of carbonyl (C=O) groups excluding carboxylic acids is 3. The van der Waals surface area contributed by atoms with E-state index in [1.54, 1.807) is 0 Å². The van der Waals surface area contributed by atoms with Gasteiger partial charge in [0.2, 0.25) is 0 Å². The standard InChI is InChI=1S/C85H144O16P2/c1-4-7-10-13-16-19-22-25-28-31-33-34-35-36-37-38-39-40-41-42-43-44-46-49-50-53-56-59-62-65-68-71-83(88)95-74-80(86)75-97-102(91,92)98-76-81(87)77-99-103(93,94)100-79-82(101-85(90)73-70-67-64-61-58-55-52-47-30-27-24-21-18-15-12-9-6-3)78-96-84(89)72-69-66-63-60-57-54-51-48-45-32-29-26-23-20-17-14-11-8-5-2/h7,9-10,12,16-21,25-30,33-34,36-37,39-40,45,48,80-82,86-87H,4-6,8,11,13-15,22-24,31-32,35,38,41-44,46-47,49-79H2,1-3H3,(H,91,92)(H,93,94)/b10-7-,12-9-,19-16-,20-17-,21-18-,28-25-,29-26-,30-27-,34-33-,37-36-,40-39-,48-45-. The van der Waals surface area contributed by atoms with Crippen molar-refractivity contribution < 1.29 is 75.8 Å². The van der Waals surface area contributed by atoms with E-state index in [1.807, 2.05) is 0 Å². The van der Waals surface area contributed by atoms with Gasteiger partial charge in [-0.3, -0.25) is 32.5 Å². The molecule has 0 amide bonds. The van der Waals surface area contributed by atoms with Crippen LogP contribution in [0.25, 0.3) is 0 Å². The van der Waals surface area contributed by atoms with E-state index < -0.39 is 91.5 Å². The fourth-order valence-corrected chi connectivity index (χ4v) is 12.1. The Morgan fingerprint density at radius 2 is 0.515 bits per heavy atom. The predicted molar refractivity (Wildman–Crippen MR) is 426 cm³/mol. The highest BCUT2D eigenvalue weighted by molar-refractivity contribution is 7.47. The number of phosphoric acid groups is 2. The van der Waals surface area contributed by atoms with Gasteiger partial charge in [0.05, 0.1) is 26.4 Å². The van der Waals surface area contributed by atoms with E-state index in [0.717, 1.165) is 186 Å². The topological polar surface area (TPSA) is 231 Å². The zero-order valence-electron chi connectivity index (χ0n) is 64.4. The second-order valence-corrected chi connectivity index (χ2v) is 29.4. The van der Waals surface area contributed by atoms with Gasteiger partial charge in [-0.15, -0.1) is 0 Å². The summed E-state index contributed by atoms with van der Waals surface area (Å²) < 4.78 is 61.2. The molecule has 4 N–H and O–H groups in total. The fraction of sp³-hybridized carbons (Fsp3) is 0.682. The van der Waals surface area contributed by atoms with Gasteiger partial charge in [-0.05, 0) is 141 Å². The summed E-state index contributed by atoms with van der Waals surface area (Å²) in [5.74, 6) is -1.60. The molecule has 16 nitrogen and oxygen atoms in total. The molecule has 0 radical (unpaired) electrons. The van der Waals surface area contributed by atoms with Crippen molar-refractivity contribution in [3.8, 4) is 0 Å². The van der Waals surface area contributed by atoms with Crippen molar-refractivity contribution in [2.45, 2.75) is 334 Å². The first kappa shape index (κ1) is 98.4. The molecule has 0 aromatic heterocycles. The summed E-state index contributed by atoms with van der Waals surface area (Å²) in [4.78, 5) is 58.7. The zero-order valence-corrected chi connectivity index (χ0v) is 66.2. The van der Waals surface area contributed by atoms with Crippen LogP contribution < -0.4 is 0 Å². The van der Waals surface area contributed by atoms with Crippen molar-refractivity contribution in [2.24, 2.45) is 0 Å². The molecule has 0 saturated heterocycles. The maximum Gasteiger partial charge on any atom is 0.472 e. The SMILES string of the molecule is CC/C=C\C/C=C\C/C=C\C/C=C\C/C=C\C/C=C\CCCCCCCCCCCCCCC(=O)OCC(O)COP(=O)(O)OCC(O)COP(=O)(O)OCC(COC(=O)CCCCCCCC/C=C\C/C=C\C/C=C\CCCCC)OC(=O)CCCCCCCCC/C=C\C/C=C\C/C=C\CC. The molecule has 0 spiro atoms. The zero-order chi connectivity index (χ0) is 75.2. The molecule has 0 bridgehead atoms. The Balaban J connectivity index is 4.54. The highest BCUT2D eigenvalue weighted by atomic mass is 31.2. The molecular weight excluding hydrogens is 1340 g/mol. The summed E-state index contributed by atoms with van der Waals surface area (Å²) in [5, 5.41) is 20.7. The molecule has 5 unspecified atom stereocenters. The summed E-state index contributed by atoms with van der Waals surface area (Å²) in [7, 11) is -9.80. The molecule has 103 heavy (non-hydrogen) atoms. The van der Waals surface area contributed by atoms with Crippen LogP contribution in [0.4, 0.5) is 0 Å². The quantitative estimate of drug-likeness (QED) is 0.0146. The molecule has 0 rings (SSSR count). The second-order valence-electron chi connectivity index (χ2n) is 26.5. The molecule has 0 saturated carbocycles. The minimum atomic E-state index is -4.94. The molecule has 0 aromatic rings. The summed E-state index contributed by atoms with van der Waals surface area (Å²) in [5.41, 5.74) is 0. The van der Waals surface area contributed by atoms with Crippen LogP contribution in [0.2, 0.25) is 0 Å². The third-order valence-corrected chi connectivity index (χ3v) is 18.4. The number of allylic oxidation sites excluding steroid dienone is 24. The molecule has 0 heterocycles. The average Bonchev–Trinajstić information content (AvgIpc) is 0.915. The molecule has 0 aliphatic carbocycles. The van der Waals surface area contributed by atoms with Crippen LogP contribution >= 0.6 is 15.6 Å². The van der Waals surface area contributed by atoms with Crippen LogP contribution in [0.3, 0.4) is 0 Å². The number of aliphatic hydroxyl groups is 2. The number of ether oxygens (including phenoxy) is 3. The van der Waals surface area contributed by atoms with Crippen LogP contribution in [0.15, 0.2) is 146 Å². The van der Waals surface area contributed by atoms with E-state index in [2.05, 4.69) is 167 Å². The van der Waals surface area contributed by atoms with E-state index in [-0.39, 0.29) is 19.3 Å². The lowest BCUT2D eigenvalue weighted by atomic mass is 10.0. The maximum absolute atomic E-state index is 13.0. The predicted octanol–water partition coefficient (Wildman–Crippen LogP) is 23.7. The van der Waals surface area contributed by atoms with E-state index in [0.29, 0.717) is 19.3 Å². The van der Waals surface area contributed by atoms with Gasteiger partial charge in [-0.25, -0.2) is 9.13 Å². The number of rotatable bonds is 75. The maximum atomic E-state index is 13.0. The van der Waals surface area contributed by atoms with Crippen molar-refractivity contribution in [1.29, 1.82) is 0 Å². The monoisotopic (exact) mass is 1480 g/mol. The molecular formula is C85H144O16P2. The highest BCUT2D eigenvalue weighted by Gasteiger charge is 2.29. The molecule has 18 heteroatoms.